The molecule has 68 valence electrons. The third-order valence-electron chi connectivity index (χ3n) is 1.13. The van der Waals surface area contributed by atoms with E-state index in [1.54, 1.807) is 0 Å². The lowest BCUT2D eigenvalue weighted by atomic mass is 10.1. The Balaban J connectivity index is 3.85. The summed E-state index contributed by atoms with van der Waals surface area (Å²) in [6, 6.07) is 0. The average Bonchev–Trinajstić information content (AvgIpc) is 1.84. The van der Waals surface area contributed by atoms with Crippen molar-refractivity contribution in [2.75, 3.05) is 0 Å². The van der Waals surface area contributed by atoms with Crippen LogP contribution in [0.5, 0.6) is 0 Å². The summed E-state index contributed by atoms with van der Waals surface area (Å²) >= 11 is 0. The highest BCUT2D eigenvalue weighted by Crippen LogP contribution is 2.02. The third kappa shape index (κ3) is 4.66. The number of esters is 2. The molecule has 0 aliphatic carbocycles. The SMILES string of the molecule is C=C(C)C(=O)OC(=O)CC(C)C. The predicted molar refractivity (Wildman–Crippen MR) is 45.4 cm³/mol. The molecular formula is C9H14O3. The quantitative estimate of drug-likeness (QED) is 0.367. The zero-order chi connectivity index (χ0) is 9.72. The van der Waals surface area contributed by atoms with Crippen molar-refractivity contribution in [3.8, 4) is 0 Å². The molecular weight excluding hydrogens is 156 g/mol. The van der Waals surface area contributed by atoms with Crippen LogP contribution in [0.15, 0.2) is 12.2 Å². The van der Waals surface area contributed by atoms with Gasteiger partial charge >= 0.3 is 11.9 Å². The Morgan fingerprint density at radius 3 is 2.25 bits per heavy atom. The first-order chi connectivity index (χ1) is 5.43. The van der Waals surface area contributed by atoms with E-state index in [1.807, 2.05) is 13.8 Å². The van der Waals surface area contributed by atoms with Crippen molar-refractivity contribution in [3.63, 3.8) is 0 Å². The van der Waals surface area contributed by atoms with E-state index in [-0.39, 0.29) is 17.9 Å². The lowest BCUT2D eigenvalue weighted by Gasteiger charge is -2.03. The van der Waals surface area contributed by atoms with E-state index in [0.717, 1.165) is 0 Å². The molecule has 3 heteroatoms. The first-order valence-electron chi connectivity index (χ1n) is 3.84. The van der Waals surface area contributed by atoms with Gasteiger partial charge in [-0.1, -0.05) is 20.4 Å². The summed E-state index contributed by atoms with van der Waals surface area (Å²) < 4.78 is 4.45. The summed E-state index contributed by atoms with van der Waals surface area (Å²) in [5.74, 6) is -0.922. The molecule has 0 aromatic rings. The summed E-state index contributed by atoms with van der Waals surface area (Å²) in [5, 5.41) is 0. The number of carbonyl (C=O) groups is 2. The molecule has 0 bridgehead atoms. The van der Waals surface area contributed by atoms with E-state index in [1.165, 1.54) is 6.92 Å². The molecule has 0 aromatic carbocycles. The smallest absolute Gasteiger partial charge is 0.340 e. The number of ether oxygens (including phenoxy) is 1. The molecule has 3 nitrogen and oxygen atoms in total. The summed E-state index contributed by atoms with van der Waals surface area (Å²) in [6.45, 7) is 8.63. The molecule has 0 fully saturated rings. The van der Waals surface area contributed by atoms with Gasteiger partial charge in [-0.05, 0) is 12.8 Å². The van der Waals surface area contributed by atoms with Crippen molar-refractivity contribution in [2.45, 2.75) is 27.2 Å². The van der Waals surface area contributed by atoms with Crippen molar-refractivity contribution in [2.24, 2.45) is 5.92 Å². The van der Waals surface area contributed by atoms with Crippen LogP contribution in [-0.4, -0.2) is 11.9 Å². The van der Waals surface area contributed by atoms with E-state index >= 15 is 0 Å². The highest BCUT2D eigenvalue weighted by Gasteiger charge is 2.11. The molecule has 0 aromatic heterocycles. The van der Waals surface area contributed by atoms with E-state index in [4.69, 9.17) is 0 Å². The predicted octanol–water partition coefficient (Wildman–Crippen LogP) is 1.68. The molecule has 0 heterocycles. The van der Waals surface area contributed by atoms with Crippen LogP contribution in [0.2, 0.25) is 0 Å². The molecule has 12 heavy (non-hydrogen) atoms. The monoisotopic (exact) mass is 170 g/mol. The van der Waals surface area contributed by atoms with E-state index in [0.29, 0.717) is 0 Å². The number of hydrogen-bond acceptors (Lipinski definition) is 3. The van der Waals surface area contributed by atoms with E-state index < -0.39 is 11.9 Å². The van der Waals surface area contributed by atoms with Crippen molar-refractivity contribution >= 4 is 11.9 Å². The lowest BCUT2D eigenvalue weighted by molar-refractivity contribution is -0.157. The van der Waals surface area contributed by atoms with Crippen LogP contribution >= 0.6 is 0 Å². The molecule has 0 radical (unpaired) electrons. The molecule has 0 saturated carbocycles. The first-order valence-corrected chi connectivity index (χ1v) is 3.84. The number of rotatable bonds is 3. The Bertz CT molecular complexity index is 204. The largest absolute Gasteiger partial charge is 0.390 e. The second-order valence-electron chi connectivity index (χ2n) is 3.14. The Kier molecular flexibility index (Phi) is 4.26. The van der Waals surface area contributed by atoms with Crippen LogP contribution in [0.4, 0.5) is 0 Å². The first kappa shape index (κ1) is 10.9. The molecule has 0 aliphatic rings. The van der Waals surface area contributed by atoms with Gasteiger partial charge in [0.2, 0.25) is 0 Å². The normalized spacial score (nSPS) is 9.67. The molecule has 0 N–H and O–H groups in total. The molecule has 0 saturated heterocycles. The summed E-state index contributed by atoms with van der Waals surface area (Å²) in [6.07, 6.45) is 0.263. The van der Waals surface area contributed by atoms with Gasteiger partial charge in [0, 0.05) is 12.0 Å². The maximum Gasteiger partial charge on any atom is 0.340 e. The molecule has 0 amide bonds. The highest BCUT2D eigenvalue weighted by atomic mass is 16.6. The van der Waals surface area contributed by atoms with Crippen LogP contribution in [0, 0.1) is 5.92 Å². The third-order valence-corrected chi connectivity index (χ3v) is 1.13. The Morgan fingerprint density at radius 1 is 1.42 bits per heavy atom. The lowest BCUT2D eigenvalue weighted by Crippen LogP contribution is -2.14. The molecule has 0 atom stereocenters. The Morgan fingerprint density at radius 2 is 1.92 bits per heavy atom. The maximum atomic E-state index is 10.9. The van der Waals surface area contributed by atoms with Gasteiger partial charge in [0.1, 0.15) is 0 Å². The minimum atomic E-state index is -0.638. The van der Waals surface area contributed by atoms with Crippen LogP contribution in [0.25, 0.3) is 0 Å². The van der Waals surface area contributed by atoms with Crippen molar-refractivity contribution in [1.29, 1.82) is 0 Å². The van der Waals surface area contributed by atoms with Gasteiger partial charge in [-0.25, -0.2) is 4.79 Å². The second kappa shape index (κ2) is 4.70. The fourth-order valence-electron chi connectivity index (χ4n) is 0.566. The second-order valence-corrected chi connectivity index (χ2v) is 3.14. The number of carbonyl (C=O) groups excluding carboxylic acids is 2. The molecule has 0 rings (SSSR count). The summed E-state index contributed by atoms with van der Waals surface area (Å²) in [4.78, 5) is 21.7. The molecule has 0 spiro atoms. The van der Waals surface area contributed by atoms with Gasteiger partial charge in [-0.15, -0.1) is 0 Å². The Labute approximate surface area is 72.4 Å². The van der Waals surface area contributed by atoms with Crippen LogP contribution in [0.1, 0.15) is 27.2 Å². The van der Waals surface area contributed by atoms with Crippen molar-refractivity contribution in [1.82, 2.24) is 0 Å². The van der Waals surface area contributed by atoms with Gasteiger partial charge in [0.15, 0.2) is 0 Å². The van der Waals surface area contributed by atoms with Crippen LogP contribution in [-0.2, 0) is 14.3 Å². The van der Waals surface area contributed by atoms with Crippen molar-refractivity contribution in [3.05, 3.63) is 12.2 Å². The van der Waals surface area contributed by atoms with Crippen molar-refractivity contribution < 1.29 is 14.3 Å². The standard InChI is InChI=1S/C9H14O3/c1-6(2)5-8(10)12-9(11)7(3)4/h6H,3,5H2,1-2,4H3. The van der Waals surface area contributed by atoms with Crippen LogP contribution < -0.4 is 0 Å². The van der Waals surface area contributed by atoms with Gasteiger partial charge in [-0.2, -0.15) is 0 Å². The maximum absolute atomic E-state index is 10.9. The zero-order valence-electron chi connectivity index (χ0n) is 7.72. The van der Waals surface area contributed by atoms with Gasteiger partial charge < -0.3 is 4.74 Å². The van der Waals surface area contributed by atoms with Gasteiger partial charge in [-0.3, -0.25) is 4.79 Å². The fourth-order valence-corrected chi connectivity index (χ4v) is 0.566. The minimum absolute atomic E-state index is 0.204. The highest BCUT2D eigenvalue weighted by molar-refractivity contribution is 5.95. The fraction of sp³-hybridized carbons (Fsp3) is 0.556. The summed E-state index contributed by atoms with van der Waals surface area (Å²) in [5.41, 5.74) is 0.243. The zero-order valence-corrected chi connectivity index (χ0v) is 7.72. The van der Waals surface area contributed by atoms with E-state index in [9.17, 15) is 9.59 Å². The molecule has 0 aliphatic heterocycles. The topological polar surface area (TPSA) is 43.4 Å². The van der Waals surface area contributed by atoms with E-state index in [2.05, 4.69) is 11.3 Å². The van der Waals surface area contributed by atoms with Crippen LogP contribution in [0.3, 0.4) is 0 Å². The van der Waals surface area contributed by atoms with Gasteiger partial charge in [0.05, 0.1) is 0 Å². The number of hydrogen-bond donors (Lipinski definition) is 0. The Hall–Kier alpha value is -1.12. The molecule has 0 unspecified atom stereocenters. The average molecular weight is 170 g/mol. The minimum Gasteiger partial charge on any atom is -0.390 e. The van der Waals surface area contributed by atoms with Gasteiger partial charge in [0.25, 0.3) is 0 Å². The summed E-state index contributed by atoms with van der Waals surface area (Å²) in [7, 11) is 0.